The van der Waals surface area contributed by atoms with Crippen molar-refractivity contribution < 1.29 is 66.8 Å². The van der Waals surface area contributed by atoms with Crippen molar-refractivity contribution >= 4 is 16.4 Å². The summed E-state index contributed by atoms with van der Waals surface area (Å²) in [5.41, 5.74) is -1.24. The van der Waals surface area contributed by atoms with Crippen molar-refractivity contribution in [2.24, 2.45) is 46.3 Å². The number of hydrogen-bond acceptors (Lipinski definition) is 14. The fraction of sp³-hybridized carbons (Fsp3) is 0.912. The number of carboxylic acids is 1. The third-order valence-corrected chi connectivity index (χ3v) is 14.3. The molecule has 6 rings (SSSR count). The largest absolute Gasteiger partial charge is 0.726 e. The highest BCUT2D eigenvalue weighted by atomic mass is 32.3. The van der Waals surface area contributed by atoms with E-state index in [4.69, 9.17) is 18.4 Å². The van der Waals surface area contributed by atoms with Gasteiger partial charge in [-0.05, 0) is 85.9 Å². The molecule has 4 aliphatic carbocycles. The molecule has 6 aliphatic rings. The van der Waals surface area contributed by atoms with E-state index < -0.39 is 93.8 Å². The monoisotopic (exact) mass is 716 g/mol. The van der Waals surface area contributed by atoms with Gasteiger partial charge in [0.1, 0.15) is 30.5 Å². The number of hydrogen-bond donors (Lipinski definition) is 5. The quantitative estimate of drug-likeness (QED) is 0.0943. The highest BCUT2D eigenvalue weighted by Gasteiger charge is 2.70. The summed E-state index contributed by atoms with van der Waals surface area (Å²) in [4.78, 5) is 11.5. The Morgan fingerprint density at radius 2 is 1.69 bits per heavy atom. The van der Waals surface area contributed by atoms with Gasteiger partial charge in [0.15, 0.2) is 6.29 Å². The molecule has 0 radical (unpaired) electrons. The van der Waals surface area contributed by atoms with E-state index in [1.807, 2.05) is 27.7 Å². The topological polar surface area (TPSA) is 235 Å². The van der Waals surface area contributed by atoms with Gasteiger partial charge >= 0.3 is 0 Å². The Kier molecular flexibility index (Phi) is 9.73. The van der Waals surface area contributed by atoms with E-state index in [0.717, 1.165) is 5.57 Å². The van der Waals surface area contributed by atoms with Crippen molar-refractivity contribution in [3.05, 3.63) is 11.6 Å². The maximum Gasteiger partial charge on any atom is 0.217 e. The zero-order chi connectivity index (χ0) is 36.2. The summed E-state index contributed by atoms with van der Waals surface area (Å²) in [7, 11) is -5.13. The maximum absolute atomic E-state index is 12.1. The SMILES string of the molecule is CC(C)[C@@H](C)[C@H](O)[C@@H]1O[C@H]2CC3C4C[C@H](OS(=O)(=O)[O-])C5C[C@@H](OC6OC(C(=O)[O-])C(O)C(O)C6O)CC[C@]5(C)C4=CC[C@]3(C)[C@H]2[C@@]1(C)O. The Balaban J connectivity index is 1.27. The lowest BCUT2D eigenvalue weighted by Gasteiger charge is -2.59. The molecule has 0 aromatic heterocycles. The molecular formula is C34H52O14S-2. The number of rotatable bonds is 8. The van der Waals surface area contributed by atoms with Crippen LogP contribution < -0.4 is 5.11 Å². The van der Waals surface area contributed by atoms with Crippen molar-refractivity contribution in [1.82, 2.24) is 0 Å². The Hall–Kier alpha value is -1.24. The Labute approximate surface area is 287 Å². The predicted molar refractivity (Wildman–Crippen MR) is 166 cm³/mol. The summed E-state index contributed by atoms with van der Waals surface area (Å²) >= 11 is 0. The highest BCUT2D eigenvalue weighted by Crippen LogP contribution is 2.69. The minimum atomic E-state index is -5.13. The van der Waals surface area contributed by atoms with E-state index in [9.17, 15) is 48.4 Å². The fourth-order valence-electron chi connectivity index (χ4n) is 11.0. The normalized spacial score (nSPS) is 50.9. The molecule has 2 saturated heterocycles. The van der Waals surface area contributed by atoms with E-state index in [2.05, 4.69) is 13.0 Å². The summed E-state index contributed by atoms with van der Waals surface area (Å²) in [6, 6.07) is 0. The molecule has 14 nitrogen and oxygen atoms in total. The lowest BCUT2D eigenvalue weighted by molar-refractivity contribution is -0.354. The average Bonchev–Trinajstić information content (AvgIpc) is 3.46. The van der Waals surface area contributed by atoms with Crippen LogP contribution in [0, 0.1) is 46.3 Å². The van der Waals surface area contributed by atoms with Gasteiger partial charge in [-0.15, -0.1) is 0 Å². The molecule has 0 bridgehead atoms. The van der Waals surface area contributed by atoms with Crippen LogP contribution >= 0.6 is 0 Å². The molecule has 0 aromatic rings. The van der Waals surface area contributed by atoms with Gasteiger partial charge in [-0.1, -0.05) is 46.3 Å². The molecular weight excluding hydrogens is 664 g/mol. The molecule has 49 heavy (non-hydrogen) atoms. The summed E-state index contributed by atoms with van der Waals surface area (Å²) in [5.74, 6) is -2.71. The number of aliphatic hydroxyl groups is 5. The van der Waals surface area contributed by atoms with Crippen LogP contribution in [0.5, 0.6) is 0 Å². The zero-order valence-corrected chi connectivity index (χ0v) is 29.7. The molecule has 0 amide bonds. The predicted octanol–water partition coefficient (Wildman–Crippen LogP) is -0.255. The van der Waals surface area contributed by atoms with E-state index in [-0.39, 0.29) is 48.5 Å². The molecule has 0 spiro atoms. The smallest absolute Gasteiger partial charge is 0.217 e. The van der Waals surface area contributed by atoms with E-state index in [1.54, 1.807) is 6.92 Å². The van der Waals surface area contributed by atoms with E-state index in [0.29, 0.717) is 25.7 Å². The molecule has 5 N–H and O–H groups in total. The molecule has 2 heterocycles. The third kappa shape index (κ3) is 6.12. The van der Waals surface area contributed by atoms with E-state index in [1.165, 1.54) is 0 Å². The molecule has 15 heteroatoms. The summed E-state index contributed by atoms with van der Waals surface area (Å²) in [5, 5.41) is 65.7. The minimum absolute atomic E-state index is 0.0259. The first-order valence-electron chi connectivity index (χ1n) is 17.6. The van der Waals surface area contributed by atoms with Crippen LogP contribution in [0.25, 0.3) is 0 Å². The number of aliphatic hydroxyl groups excluding tert-OH is 4. The first-order valence-corrected chi connectivity index (χ1v) is 18.9. The number of carbonyl (C=O) groups excluding carboxylic acids is 1. The van der Waals surface area contributed by atoms with Gasteiger partial charge in [-0.3, -0.25) is 4.18 Å². The second-order valence-electron chi connectivity index (χ2n) is 16.8. The standard InChI is InChI=1S/C34H54O14S/c1-14(2)15(3)23(35)29-34(6,41)28-22(46-29)13-19-17-12-21(48-49(42,43)44)20-11-16(7-9-32(20,4)18(17)8-10-33(19,28)5)45-31-26(38)24(36)25(37)27(47-31)30(39)40/h8,14-17,19-29,31,35-38,41H,7,9-13H2,1-6H3,(H,39,40)(H,42,43,44)/p-2/t15-,16+,17?,19?,20?,21+,22+,23+,24?,25?,26?,27?,28+,29+,31?,32-,33+,34-/m1/s1. The molecule has 280 valence electrons. The fourth-order valence-corrected chi connectivity index (χ4v) is 11.5. The molecule has 2 aliphatic heterocycles. The minimum Gasteiger partial charge on any atom is -0.726 e. The maximum atomic E-state index is 12.1. The zero-order valence-electron chi connectivity index (χ0n) is 28.9. The van der Waals surface area contributed by atoms with Gasteiger partial charge in [0.05, 0.1) is 36.0 Å². The van der Waals surface area contributed by atoms with E-state index >= 15 is 0 Å². The molecule has 0 aromatic carbocycles. The summed E-state index contributed by atoms with van der Waals surface area (Å²) in [6.07, 6.45) is -8.08. The van der Waals surface area contributed by atoms with Crippen LogP contribution in [0.15, 0.2) is 11.6 Å². The van der Waals surface area contributed by atoms with Gasteiger partial charge in [0.25, 0.3) is 0 Å². The number of ether oxygens (including phenoxy) is 3. The van der Waals surface area contributed by atoms with Crippen LogP contribution in [0.4, 0.5) is 0 Å². The molecule has 8 unspecified atom stereocenters. The van der Waals surface area contributed by atoms with Crippen molar-refractivity contribution in [3.8, 4) is 0 Å². The van der Waals surface area contributed by atoms with Gasteiger partial charge in [0, 0.05) is 5.92 Å². The van der Waals surface area contributed by atoms with Crippen LogP contribution in [0.3, 0.4) is 0 Å². The molecule has 18 atom stereocenters. The number of carboxylic acid groups (broad SMARTS) is 1. The van der Waals surface area contributed by atoms with Crippen LogP contribution in [0.1, 0.15) is 80.1 Å². The Morgan fingerprint density at radius 3 is 2.31 bits per heavy atom. The second-order valence-corrected chi connectivity index (χ2v) is 17.8. The highest BCUT2D eigenvalue weighted by molar-refractivity contribution is 7.80. The van der Waals surface area contributed by atoms with Gasteiger partial charge < -0.3 is 54.2 Å². The number of aliphatic carboxylic acids is 1. The lowest BCUT2D eigenvalue weighted by Crippen LogP contribution is -2.63. The van der Waals surface area contributed by atoms with Gasteiger partial charge in [-0.2, -0.15) is 0 Å². The molecule has 3 saturated carbocycles. The van der Waals surface area contributed by atoms with Crippen molar-refractivity contribution in [2.45, 2.75) is 147 Å². The molecule has 5 fully saturated rings. The number of fused-ring (bicyclic) bond motifs is 7. The average molecular weight is 717 g/mol. The third-order valence-electron chi connectivity index (χ3n) is 13.8. The van der Waals surface area contributed by atoms with Crippen LogP contribution in [-0.4, -0.2) is 111 Å². The van der Waals surface area contributed by atoms with Gasteiger partial charge in [0.2, 0.25) is 10.4 Å². The van der Waals surface area contributed by atoms with Gasteiger partial charge in [-0.25, -0.2) is 8.42 Å². The van der Waals surface area contributed by atoms with Crippen LogP contribution in [-0.2, 0) is 33.6 Å². The Bertz CT molecular complexity index is 1420. The summed E-state index contributed by atoms with van der Waals surface area (Å²) < 4.78 is 59.4. The number of allylic oxidation sites excluding steroid dienone is 2. The first-order chi connectivity index (χ1) is 22.6. The Morgan fingerprint density at radius 1 is 1.02 bits per heavy atom. The lowest BCUT2D eigenvalue weighted by atomic mass is 9.47. The number of carbonyl (C=O) groups is 1. The second kappa shape index (κ2) is 12.7. The van der Waals surface area contributed by atoms with Crippen molar-refractivity contribution in [1.29, 1.82) is 0 Å². The van der Waals surface area contributed by atoms with Crippen molar-refractivity contribution in [2.75, 3.05) is 0 Å². The van der Waals surface area contributed by atoms with Crippen LogP contribution in [0.2, 0.25) is 0 Å². The van der Waals surface area contributed by atoms with Crippen molar-refractivity contribution in [3.63, 3.8) is 0 Å². The first kappa shape index (κ1) is 37.5. The summed E-state index contributed by atoms with van der Waals surface area (Å²) in [6.45, 7) is 11.9.